The van der Waals surface area contributed by atoms with Crippen LogP contribution in [0.5, 0.6) is 0 Å². The molecule has 23 heavy (non-hydrogen) atoms. The number of nitrogens with zero attached hydrogens (tertiary/aromatic N) is 2. The second-order valence-corrected chi connectivity index (χ2v) is 6.94. The molecule has 1 saturated carbocycles. The second kappa shape index (κ2) is 8.34. The first-order valence-electron chi connectivity index (χ1n) is 9.10. The van der Waals surface area contributed by atoms with E-state index >= 15 is 0 Å². The fourth-order valence-corrected chi connectivity index (χ4v) is 3.69. The highest BCUT2D eigenvalue weighted by atomic mass is 16.2. The van der Waals surface area contributed by atoms with Crippen LogP contribution in [-0.2, 0) is 6.54 Å². The minimum Gasteiger partial charge on any atom is -0.338 e. The lowest BCUT2D eigenvalue weighted by molar-refractivity contribution is 0.134. The van der Waals surface area contributed by atoms with Gasteiger partial charge in [0.15, 0.2) is 0 Å². The summed E-state index contributed by atoms with van der Waals surface area (Å²) in [6.45, 7) is 5.45. The normalized spacial score (nSPS) is 20.4. The van der Waals surface area contributed by atoms with Crippen LogP contribution >= 0.6 is 0 Å². The first kappa shape index (κ1) is 16.3. The van der Waals surface area contributed by atoms with Crippen molar-refractivity contribution in [3.63, 3.8) is 0 Å². The lowest BCUT2D eigenvalue weighted by Gasteiger charge is -2.35. The molecule has 4 nitrogen and oxygen atoms in total. The van der Waals surface area contributed by atoms with Crippen molar-refractivity contribution in [3.05, 3.63) is 35.9 Å². The Hall–Kier alpha value is -1.55. The van der Waals surface area contributed by atoms with Gasteiger partial charge in [-0.3, -0.25) is 4.90 Å². The number of amides is 2. The van der Waals surface area contributed by atoms with E-state index in [9.17, 15) is 4.79 Å². The average molecular weight is 315 g/mol. The first-order valence-corrected chi connectivity index (χ1v) is 9.10. The molecule has 1 heterocycles. The molecule has 1 aromatic carbocycles. The molecule has 2 fully saturated rings. The van der Waals surface area contributed by atoms with Gasteiger partial charge in [-0.1, -0.05) is 49.6 Å². The smallest absolute Gasteiger partial charge is 0.317 e. The van der Waals surface area contributed by atoms with E-state index in [1.54, 1.807) is 0 Å². The van der Waals surface area contributed by atoms with E-state index in [4.69, 9.17) is 0 Å². The number of piperazine rings is 1. The van der Waals surface area contributed by atoms with Crippen molar-refractivity contribution in [2.24, 2.45) is 5.92 Å². The van der Waals surface area contributed by atoms with Crippen LogP contribution in [0.2, 0.25) is 0 Å². The Labute approximate surface area is 139 Å². The van der Waals surface area contributed by atoms with Gasteiger partial charge in [-0.15, -0.1) is 0 Å². The van der Waals surface area contributed by atoms with Gasteiger partial charge in [-0.05, 0) is 24.3 Å². The average Bonchev–Trinajstić information content (AvgIpc) is 2.62. The van der Waals surface area contributed by atoms with Gasteiger partial charge in [-0.2, -0.15) is 0 Å². The Morgan fingerprint density at radius 3 is 2.39 bits per heavy atom. The number of rotatable bonds is 4. The number of hydrogen-bond donors (Lipinski definition) is 1. The molecule has 1 saturated heterocycles. The van der Waals surface area contributed by atoms with Crippen LogP contribution in [0.1, 0.15) is 37.7 Å². The van der Waals surface area contributed by atoms with E-state index in [1.165, 1.54) is 37.7 Å². The minimum atomic E-state index is 0.134. The second-order valence-electron chi connectivity index (χ2n) is 6.94. The van der Waals surface area contributed by atoms with Crippen molar-refractivity contribution in [2.75, 3.05) is 32.7 Å². The summed E-state index contributed by atoms with van der Waals surface area (Å²) in [4.78, 5) is 16.7. The molecule has 1 N–H and O–H groups in total. The summed E-state index contributed by atoms with van der Waals surface area (Å²) < 4.78 is 0. The molecule has 0 atom stereocenters. The molecule has 1 aromatic rings. The molecule has 0 aromatic heterocycles. The summed E-state index contributed by atoms with van der Waals surface area (Å²) >= 11 is 0. The molecular weight excluding hydrogens is 286 g/mol. The van der Waals surface area contributed by atoms with E-state index in [0.29, 0.717) is 5.92 Å². The highest BCUT2D eigenvalue weighted by molar-refractivity contribution is 5.74. The Balaban J connectivity index is 1.37. The first-order chi connectivity index (χ1) is 11.3. The third kappa shape index (κ3) is 4.96. The monoisotopic (exact) mass is 315 g/mol. The lowest BCUT2D eigenvalue weighted by Crippen LogP contribution is -2.52. The highest BCUT2D eigenvalue weighted by Crippen LogP contribution is 2.22. The van der Waals surface area contributed by atoms with Crippen molar-refractivity contribution in [1.82, 2.24) is 15.1 Å². The summed E-state index contributed by atoms with van der Waals surface area (Å²) in [7, 11) is 0. The van der Waals surface area contributed by atoms with Gasteiger partial charge in [0.05, 0.1) is 0 Å². The summed E-state index contributed by atoms with van der Waals surface area (Å²) in [5, 5.41) is 3.16. The number of carbonyl (C=O) groups is 1. The van der Waals surface area contributed by atoms with Crippen molar-refractivity contribution in [3.8, 4) is 0 Å². The van der Waals surface area contributed by atoms with Crippen LogP contribution in [0.25, 0.3) is 0 Å². The summed E-state index contributed by atoms with van der Waals surface area (Å²) in [5.41, 5.74) is 1.35. The quantitative estimate of drug-likeness (QED) is 0.927. The number of benzene rings is 1. The van der Waals surface area contributed by atoms with Crippen LogP contribution in [0.15, 0.2) is 30.3 Å². The van der Waals surface area contributed by atoms with E-state index in [-0.39, 0.29) is 6.03 Å². The van der Waals surface area contributed by atoms with Crippen molar-refractivity contribution in [2.45, 2.75) is 38.6 Å². The highest BCUT2D eigenvalue weighted by Gasteiger charge is 2.22. The van der Waals surface area contributed by atoms with Crippen LogP contribution in [0.3, 0.4) is 0 Å². The van der Waals surface area contributed by atoms with E-state index in [1.807, 2.05) is 4.90 Å². The molecule has 1 aliphatic carbocycles. The third-order valence-electron chi connectivity index (χ3n) is 5.18. The largest absolute Gasteiger partial charge is 0.338 e. The SMILES string of the molecule is O=C(NCC1CCCCC1)N1CCN(Cc2ccccc2)CC1. The van der Waals surface area contributed by atoms with Gasteiger partial charge >= 0.3 is 6.03 Å². The summed E-state index contributed by atoms with van der Waals surface area (Å²) in [6.07, 6.45) is 6.60. The fourth-order valence-electron chi connectivity index (χ4n) is 3.69. The maximum atomic E-state index is 12.3. The molecule has 1 aliphatic heterocycles. The molecule has 126 valence electrons. The van der Waals surface area contributed by atoms with E-state index in [2.05, 4.69) is 40.5 Å². The van der Waals surface area contributed by atoms with Crippen molar-refractivity contribution in [1.29, 1.82) is 0 Å². The Kier molecular flexibility index (Phi) is 5.92. The predicted molar refractivity (Wildman–Crippen MR) is 93.3 cm³/mol. The van der Waals surface area contributed by atoms with E-state index < -0.39 is 0 Å². The Morgan fingerprint density at radius 1 is 1.00 bits per heavy atom. The van der Waals surface area contributed by atoms with Crippen LogP contribution < -0.4 is 5.32 Å². The summed E-state index contributed by atoms with van der Waals surface area (Å²) in [5.74, 6) is 0.701. The van der Waals surface area contributed by atoms with Gasteiger partial charge in [0.2, 0.25) is 0 Å². The third-order valence-corrected chi connectivity index (χ3v) is 5.18. The fraction of sp³-hybridized carbons (Fsp3) is 0.632. The molecule has 2 aliphatic rings. The van der Waals surface area contributed by atoms with Crippen LogP contribution in [0.4, 0.5) is 4.79 Å². The van der Waals surface area contributed by atoms with Crippen LogP contribution in [0, 0.1) is 5.92 Å². The summed E-state index contributed by atoms with van der Waals surface area (Å²) in [6, 6.07) is 10.7. The van der Waals surface area contributed by atoms with Crippen LogP contribution in [-0.4, -0.2) is 48.6 Å². The molecule has 3 rings (SSSR count). The molecule has 0 spiro atoms. The molecule has 4 heteroatoms. The zero-order valence-corrected chi connectivity index (χ0v) is 14.0. The minimum absolute atomic E-state index is 0.134. The maximum absolute atomic E-state index is 12.3. The molecular formula is C19H29N3O. The van der Waals surface area contributed by atoms with Gasteiger partial charge in [0, 0.05) is 39.3 Å². The molecule has 0 unspecified atom stereocenters. The van der Waals surface area contributed by atoms with Crippen molar-refractivity contribution < 1.29 is 4.79 Å². The molecule has 0 bridgehead atoms. The zero-order chi connectivity index (χ0) is 15.9. The lowest BCUT2D eigenvalue weighted by atomic mass is 9.89. The topological polar surface area (TPSA) is 35.6 Å². The number of nitrogens with one attached hydrogen (secondary N) is 1. The van der Waals surface area contributed by atoms with Gasteiger partial charge in [-0.25, -0.2) is 4.79 Å². The van der Waals surface area contributed by atoms with E-state index in [0.717, 1.165) is 39.3 Å². The van der Waals surface area contributed by atoms with Gasteiger partial charge in [0.1, 0.15) is 0 Å². The molecule has 2 amide bonds. The standard InChI is InChI=1S/C19H29N3O/c23-19(20-15-17-7-3-1-4-8-17)22-13-11-21(12-14-22)16-18-9-5-2-6-10-18/h2,5-6,9-10,17H,1,3-4,7-8,11-16H2,(H,20,23). The molecule has 0 radical (unpaired) electrons. The zero-order valence-electron chi connectivity index (χ0n) is 14.0. The Morgan fingerprint density at radius 2 is 1.70 bits per heavy atom. The number of carbonyl (C=O) groups excluding carboxylic acids is 1. The predicted octanol–water partition coefficient (Wildman–Crippen LogP) is 3.09. The number of hydrogen-bond acceptors (Lipinski definition) is 2. The van der Waals surface area contributed by atoms with Crippen molar-refractivity contribution >= 4 is 6.03 Å². The number of urea groups is 1. The Bertz CT molecular complexity index is 477. The van der Waals surface area contributed by atoms with Gasteiger partial charge in [0.25, 0.3) is 0 Å². The maximum Gasteiger partial charge on any atom is 0.317 e. The van der Waals surface area contributed by atoms with Gasteiger partial charge < -0.3 is 10.2 Å².